The van der Waals surface area contributed by atoms with Crippen LogP contribution in [0.3, 0.4) is 0 Å². The van der Waals surface area contributed by atoms with E-state index >= 15 is 0 Å². The predicted molar refractivity (Wildman–Crippen MR) is 137 cm³/mol. The Bertz CT molecular complexity index is 1460. The van der Waals surface area contributed by atoms with Crippen LogP contribution < -0.4 is 10.5 Å². The number of fused-ring (bicyclic) bond motifs is 1. The number of rotatable bonds is 7. The van der Waals surface area contributed by atoms with E-state index in [4.69, 9.17) is 15.5 Å². The van der Waals surface area contributed by atoms with Crippen molar-refractivity contribution in [3.05, 3.63) is 96.3 Å². The molecule has 0 saturated carbocycles. The summed E-state index contributed by atoms with van der Waals surface area (Å²) in [6.07, 6.45) is 2.76. The highest BCUT2D eigenvalue weighted by Gasteiger charge is 2.19. The van der Waals surface area contributed by atoms with Gasteiger partial charge in [0.25, 0.3) is 0 Å². The molecule has 0 atom stereocenters. The maximum Gasteiger partial charge on any atom is 0.162 e. The lowest BCUT2D eigenvalue weighted by molar-refractivity contribution is 0.172. The summed E-state index contributed by atoms with van der Waals surface area (Å²) < 4.78 is 7.82. The molecule has 1 fully saturated rings. The van der Waals surface area contributed by atoms with Crippen LogP contribution in [0.25, 0.3) is 28.2 Å². The van der Waals surface area contributed by atoms with Crippen LogP contribution >= 0.6 is 0 Å². The molecule has 3 heterocycles. The van der Waals surface area contributed by atoms with Crippen LogP contribution in [-0.2, 0) is 13.2 Å². The molecule has 3 aromatic carbocycles. The molecule has 1 aliphatic rings. The first-order valence-corrected chi connectivity index (χ1v) is 11.8. The molecule has 0 bridgehead atoms. The third-order valence-corrected chi connectivity index (χ3v) is 6.38. The van der Waals surface area contributed by atoms with E-state index in [1.165, 1.54) is 31.4 Å². The minimum Gasteiger partial charge on any atom is -0.489 e. The summed E-state index contributed by atoms with van der Waals surface area (Å²) >= 11 is 0. The minimum absolute atomic E-state index is 0.388. The third kappa shape index (κ3) is 4.34. The number of anilines is 1. The highest BCUT2D eigenvalue weighted by Crippen LogP contribution is 2.33. The Kier molecular flexibility index (Phi) is 5.60. The zero-order valence-corrected chi connectivity index (χ0v) is 19.3. The molecular formula is C28H26N6O. The molecule has 0 aliphatic carbocycles. The van der Waals surface area contributed by atoms with Gasteiger partial charge in [-0.1, -0.05) is 66.7 Å². The second-order valence-electron chi connectivity index (χ2n) is 8.82. The predicted octanol–water partition coefficient (Wildman–Crippen LogP) is 4.83. The Labute approximate surface area is 203 Å². The van der Waals surface area contributed by atoms with Gasteiger partial charge >= 0.3 is 0 Å². The Morgan fingerprint density at radius 1 is 0.857 bits per heavy atom. The van der Waals surface area contributed by atoms with E-state index in [1.54, 1.807) is 4.52 Å². The number of hydrogen-bond acceptors (Lipinski definition) is 6. The Morgan fingerprint density at radius 2 is 1.69 bits per heavy atom. The maximum atomic E-state index is 6.31. The van der Waals surface area contributed by atoms with Crippen molar-refractivity contribution in [2.24, 2.45) is 0 Å². The molecule has 0 unspecified atom stereocenters. The van der Waals surface area contributed by atoms with Crippen LogP contribution in [-0.4, -0.2) is 37.6 Å². The van der Waals surface area contributed by atoms with Crippen molar-refractivity contribution in [2.45, 2.75) is 19.6 Å². The number of benzene rings is 3. The molecule has 0 spiro atoms. The Hall–Kier alpha value is -4.23. The van der Waals surface area contributed by atoms with E-state index in [1.807, 2.05) is 54.6 Å². The number of nitrogens with zero attached hydrogens (tertiary/aromatic N) is 5. The van der Waals surface area contributed by atoms with Crippen LogP contribution in [0, 0.1) is 0 Å². The lowest BCUT2D eigenvalue weighted by atomic mass is 10.1. The molecule has 174 valence electrons. The first-order chi connectivity index (χ1) is 17.2. The summed E-state index contributed by atoms with van der Waals surface area (Å²) in [5.41, 5.74) is 12.0. The summed E-state index contributed by atoms with van der Waals surface area (Å²) in [7, 11) is 0. The molecule has 5 aromatic rings. The smallest absolute Gasteiger partial charge is 0.162 e. The standard InChI is InChI=1S/C28H26N6O/c29-27-26-25(23-8-4-9-24(16-23)35-18-21-6-2-1-3-7-21)32-28(34(26)31-19-30-27)22-12-10-20(11-13-22)17-33-14-5-15-33/h1-4,6-13,16,19H,5,14-15,17-18H2,(H2,29,30,31). The van der Waals surface area contributed by atoms with Crippen molar-refractivity contribution >= 4 is 11.3 Å². The summed E-state index contributed by atoms with van der Waals surface area (Å²) in [5.74, 6) is 1.88. The summed E-state index contributed by atoms with van der Waals surface area (Å²) in [5, 5.41) is 4.48. The monoisotopic (exact) mass is 462 g/mol. The van der Waals surface area contributed by atoms with Crippen molar-refractivity contribution < 1.29 is 4.74 Å². The highest BCUT2D eigenvalue weighted by molar-refractivity contribution is 5.87. The summed E-state index contributed by atoms with van der Waals surface area (Å²) in [4.78, 5) is 11.7. The average Bonchev–Trinajstić information content (AvgIpc) is 3.27. The zero-order valence-electron chi connectivity index (χ0n) is 19.3. The van der Waals surface area contributed by atoms with E-state index in [0.717, 1.165) is 40.5 Å². The van der Waals surface area contributed by atoms with Gasteiger partial charge in [0.15, 0.2) is 11.6 Å². The highest BCUT2D eigenvalue weighted by atomic mass is 16.5. The topological polar surface area (TPSA) is 81.6 Å². The zero-order chi connectivity index (χ0) is 23.6. The van der Waals surface area contributed by atoms with Crippen LogP contribution in [0.15, 0.2) is 85.2 Å². The molecule has 2 aromatic heterocycles. The largest absolute Gasteiger partial charge is 0.489 e. The average molecular weight is 463 g/mol. The molecular weight excluding hydrogens is 436 g/mol. The third-order valence-electron chi connectivity index (χ3n) is 6.38. The quantitative estimate of drug-likeness (QED) is 0.373. The van der Waals surface area contributed by atoms with Crippen molar-refractivity contribution in [1.82, 2.24) is 24.5 Å². The number of imidazole rings is 1. The van der Waals surface area contributed by atoms with Gasteiger partial charge in [0.1, 0.15) is 29.9 Å². The SMILES string of the molecule is Nc1ncnn2c(-c3ccc(CN4CCC4)cc3)nc(-c3cccc(OCc4ccccc4)c3)c12. The number of likely N-dealkylation sites (tertiary alicyclic amines) is 1. The van der Waals surface area contributed by atoms with Gasteiger partial charge in [0.05, 0.1) is 0 Å². The van der Waals surface area contributed by atoms with E-state index in [2.05, 4.69) is 39.2 Å². The van der Waals surface area contributed by atoms with Crippen LogP contribution in [0.5, 0.6) is 5.75 Å². The number of hydrogen-bond donors (Lipinski definition) is 1. The van der Waals surface area contributed by atoms with Gasteiger partial charge < -0.3 is 10.5 Å². The lowest BCUT2D eigenvalue weighted by Crippen LogP contribution is -2.36. The van der Waals surface area contributed by atoms with Crippen LogP contribution in [0.4, 0.5) is 5.82 Å². The second-order valence-corrected chi connectivity index (χ2v) is 8.82. The van der Waals surface area contributed by atoms with Crippen LogP contribution in [0.2, 0.25) is 0 Å². The van der Waals surface area contributed by atoms with Gasteiger partial charge in [-0.05, 0) is 42.8 Å². The molecule has 35 heavy (non-hydrogen) atoms. The first-order valence-electron chi connectivity index (χ1n) is 11.8. The number of aromatic nitrogens is 4. The molecule has 6 rings (SSSR count). The maximum absolute atomic E-state index is 6.31. The molecule has 1 saturated heterocycles. The fraction of sp³-hybridized carbons (Fsp3) is 0.179. The van der Waals surface area contributed by atoms with Gasteiger partial charge in [-0.3, -0.25) is 4.90 Å². The lowest BCUT2D eigenvalue weighted by Gasteiger charge is -2.30. The van der Waals surface area contributed by atoms with Crippen molar-refractivity contribution in [3.8, 4) is 28.4 Å². The fourth-order valence-electron chi connectivity index (χ4n) is 4.37. The van der Waals surface area contributed by atoms with Gasteiger partial charge in [0, 0.05) is 17.7 Å². The molecule has 0 radical (unpaired) electrons. The molecule has 2 N–H and O–H groups in total. The summed E-state index contributed by atoms with van der Waals surface area (Å²) in [6.45, 7) is 3.84. The van der Waals surface area contributed by atoms with E-state index < -0.39 is 0 Å². The number of nitrogen functional groups attached to an aromatic ring is 1. The van der Waals surface area contributed by atoms with E-state index in [9.17, 15) is 0 Å². The number of ether oxygens (including phenoxy) is 1. The molecule has 7 nitrogen and oxygen atoms in total. The Balaban J connectivity index is 1.34. The van der Waals surface area contributed by atoms with Gasteiger partial charge in [-0.2, -0.15) is 5.10 Å². The number of nitrogens with two attached hydrogens (primary N) is 1. The molecule has 7 heteroatoms. The van der Waals surface area contributed by atoms with Crippen molar-refractivity contribution in [1.29, 1.82) is 0 Å². The van der Waals surface area contributed by atoms with Gasteiger partial charge in [-0.25, -0.2) is 14.5 Å². The molecule has 1 aliphatic heterocycles. The van der Waals surface area contributed by atoms with Gasteiger partial charge in [0.2, 0.25) is 0 Å². The van der Waals surface area contributed by atoms with E-state index in [0.29, 0.717) is 17.9 Å². The minimum atomic E-state index is 0.388. The van der Waals surface area contributed by atoms with E-state index in [-0.39, 0.29) is 0 Å². The second kappa shape index (κ2) is 9.19. The fourth-order valence-corrected chi connectivity index (χ4v) is 4.37. The molecule has 0 amide bonds. The summed E-state index contributed by atoms with van der Waals surface area (Å²) in [6, 6.07) is 26.5. The van der Waals surface area contributed by atoms with Crippen LogP contribution in [0.1, 0.15) is 17.5 Å². The van der Waals surface area contributed by atoms with Gasteiger partial charge in [-0.15, -0.1) is 0 Å². The normalized spacial score (nSPS) is 13.6. The first kappa shape index (κ1) is 21.3. The Morgan fingerprint density at radius 3 is 2.46 bits per heavy atom. The van der Waals surface area contributed by atoms with Crippen molar-refractivity contribution in [3.63, 3.8) is 0 Å². The van der Waals surface area contributed by atoms with Crippen molar-refractivity contribution in [2.75, 3.05) is 18.8 Å².